The fourth-order valence-electron chi connectivity index (χ4n) is 3.45. The molecule has 8 heteroatoms. The molecule has 1 aliphatic heterocycles. The average Bonchev–Trinajstić information content (AvgIpc) is 3.31. The van der Waals surface area contributed by atoms with E-state index in [0.717, 1.165) is 19.4 Å². The van der Waals surface area contributed by atoms with Crippen LogP contribution >= 0.6 is 11.6 Å². The second-order valence-corrected chi connectivity index (χ2v) is 7.58. The molecular weight excluding hydrogens is 420 g/mol. The van der Waals surface area contributed by atoms with E-state index in [0.29, 0.717) is 39.7 Å². The molecule has 162 valence electrons. The molecule has 1 N–H and O–H groups in total. The summed E-state index contributed by atoms with van der Waals surface area (Å²) < 4.78 is 22.3. The molecule has 3 aromatic rings. The second-order valence-electron chi connectivity index (χ2n) is 7.14. The molecular formula is C23H23ClN2O5. The molecule has 1 atom stereocenters. The van der Waals surface area contributed by atoms with E-state index >= 15 is 0 Å². The fourth-order valence-corrected chi connectivity index (χ4v) is 3.63. The van der Waals surface area contributed by atoms with E-state index in [2.05, 4.69) is 10.3 Å². The number of hydrogen-bond acceptors (Lipinski definition) is 6. The SMILES string of the molecule is COc1ccc(OC)c(N=c2oc3ccc(Cl)cc3cc2C(=O)NC[C@@H]2CCCO2)c1. The number of fused-ring (bicyclic) bond motifs is 1. The van der Waals surface area contributed by atoms with E-state index in [1.165, 1.54) is 0 Å². The molecule has 2 heterocycles. The van der Waals surface area contributed by atoms with E-state index in [1.54, 1.807) is 56.7 Å². The van der Waals surface area contributed by atoms with Crippen LogP contribution in [0.15, 0.2) is 51.9 Å². The molecule has 7 nitrogen and oxygen atoms in total. The molecule has 1 amide bonds. The zero-order valence-corrected chi connectivity index (χ0v) is 18.1. The zero-order chi connectivity index (χ0) is 21.8. The number of benzene rings is 2. The van der Waals surface area contributed by atoms with Gasteiger partial charge in [0, 0.05) is 29.6 Å². The lowest BCUT2D eigenvalue weighted by Crippen LogP contribution is -2.34. The Morgan fingerprint density at radius 2 is 2.06 bits per heavy atom. The van der Waals surface area contributed by atoms with Crippen LogP contribution in [0, 0.1) is 0 Å². The van der Waals surface area contributed by atoms with E-state index in [1.807, 2.05) is 0 Å². The Labute approximate surface area is 184 Å². The number of ether oxygens (including phenoxy) is 3. The van der Waals surface area contributed by atoms with Gasteiger partial charge in [-0.3, -0.25) is 4.79 Å². The van der Waals surface area contributed by atoms with Crippen molar-refractivity contribution in [2.75, 3.05) is 27.4 Å². The normalized spacial score (nSPS) is 16.5. The number of nitrogens with zero attached hydrogens (tertiary/aromatic N) is 1. The predicted molar refractivity (Wildman–Crippen MR) is 117 cm³/mol. The zero-order valence-electron chi connectivity index (χ0n) is 17.3. The smallest absolute Gasteiger partial charge is 0.256 e. The monoisotopic (exact) mass is 442 g/mol. The number of amides is 1. The predicted octanol–water partition coefficient (Wildman–Crippen LogP) is 4.24. The Kier molecular flexibility index (Phi) is 6.44. The molecule has 31 heavy (non-hydrogen) atoms. The number of hydrogen-bond donors (Lipinski definition) is 1. The van der Waals surface area contributed by atoms with Crippen molar-refractivity contribution in [1.29, 1.82) is 0 Å². The third kappa shape index (κ3) is 4.84. The molecule has 1 aliphatic rings. The minimum Gasteiger partial charge on any atom is -0.497 e. The summed E-state index contributed by atoms with van der Waals surface area (Å²) >= 11 is 6.13. The lowest BCUT2D eigenvalue weighted by atomic mass is 10.1. The van der Waals surface area contributed by atoms with Gasteiger partial charge in [-0.25, -0.2) is 4.99 Å². The fraction of sp³-hybridized carbons (Fsp3) is 0.304. The summed E-state index contributed by atoms with van der Waals surface area (Å²) in [5.41, 5.74) is 1.48. The van der Waals surface area contributed by atoms with Crippen molar-refractivity contribution in [2.45, 2.75) is 18.9 Å². The molecule has 2 aromatic carbocycles. The Balaban J connectivity index is 1.80. The summed E-state index contributed by atoms with van der Waals surface area (Å²) in [7, 11) is 3.12. The lowest BCUT2D eigenvalue weighted by molar-refractivity contribution is 0.0854. The highest BCUT2D eigenvalue weighted by Crippen LogP contribution is 2.31. The first-order valence-corrected chi connectivity index (χ1v) is 10.3. The first-order valence-electron chi connectivity index (χ1n) is 9.97. The van der Waals surface area contributed by atoms with Crippen molar-refractivity contribution < 1.29 is 23.4 Å². The minimum absolute atomic E-state index is 0.0228. The summed E-state index contributed by atoms with van der Waals surface area (Å²) in [6.07, 6.45) is 1.95. The van der Waals surface area contributed by atoms with Crippen LogP contribution in [0.2, 0.25) is 5.02 Å². The maximum Gasteiger partial charge on any atom is 0.256 e. The van der Waals surface area contributed by atoms with Crippen molar-refractivity contribution in [3.8, 4) is 11.5 Å². The van der Waals surface area contributed by atoms with Gasteiger partial charge in [-0.2, -0.15) is 0 Å². The number of carbonyl (C=O) groups excluding carboxylic acids is 1. The summed E-state index contributed by atoms with van der Waals surface area (Å²) in [5.74, 6) is 0.830. The Morgan fingerprint density at radius 3 is 2.81 bits per heavy atom. The quantitative estimate of drug-likeness (QED) is 0.617. The van der Waals surface area contributed by atoms with Gasteiger partial charge in [0.2, 0.25) is 5.55 Å². The minimum atomic E-state index is -0.304. The van der Waals surface area contributed by atoms with Crippen molar-refractivity contribution in [3.63, 3.8) is 0 Å². The van der Waals surface area contributed by atoms with Gasteiger partial charge in [0.15, 0.2) is 0 Å². The van der Waals surface area contributed by atoms with Gasteiger partial charge in [-0.05, 0) is 49.2 Å². The summed E-state index contributed by atoms with van der Waals surface area (Å²) in [5, 5.41) is 4.17. The van der Waals surface area contributed by atoms with E-state index in [-0.39, 0.29) is 23.1 Å². The van der Waals surface area contributed by atoms with Gasteiger partial charge in [0.05, 0.1) is 20.3 Å². The maximum absolute atomic E-state index is 13.0. The van der Waals surface area contributed by atoms with Crippen LogP contribution in [0.5, 0.6) is 11.5 Å². The topological polar surface area (TPSA) is 82.3 Å². The van der Waals surface area contributed by atoms with Crippen LogP contribution in [0.4, 0.5) is 5.69 Å². The summed E-state index contributed by atoms with van der Waals surface area (Å²) in [4.78, 5) is 17.6. The number of carbonyl (C=O) groups is 1. The standard InChI is InChI=1S/C23H23ClN2O5/c1-28-16-6-8-21(29-2)19(12-16)26-23-18(22(27)25-13-17-4-3-9-30-17)11-14-10-15(24)5-7-20(14)31-23/h5-8,10-12,17H,3-4,9,13H2,1-2H3,(H,25,27)/t17-/m0/s1. The first-order chi connectivity index (χ1) is 15.1. The second kappa shape index (κ2) is 9.41. The number of methoxy groups -OCH3 is 2. The van der Waals surface area contributed by atoms with E-state index < -0.39 is 0 Å². The van der Waals surface area contributed by atoms with Crippen LogP contribution in [-0.4, -0.2) is 39.4 Å². The van der Waals surface area contributed by atoms with E-state index in [9.17, 15) is 4.79 Å². The molecule has 0 saturated carbocycles. The Hall–Kier alpha value is -3.03. The summed E-state index contributed by atoms with van der Waals surface area (Å²) in [6, 6.07) is 12.2. The van der Waals surface area contributed by atoms with Gasteiger partial charge in [-0.15, -0.1) is 0 Å². The van der Waals surface area contributed by atoms with Crippen molar-refractivity contribution in [2.24, 2.45) is 4.99 Å². The Morgan fingerprint density at radius 1 is 1.19 bits per heavy atom. The molecule has 1 aromatic heterocycles. The third-order valence-corrected chi connectivity index (χ3v) is 5.31. The van der Waals surface area contributed by atoms with Crippen molar-refractivity contribution >= 4 is 34.2 Å². The molecule has 0 radical (unpaired) electrons. The number of rotatable bonds is 6. The molecule has 0 bridgehead atoms. The maximum atomic E-state index is 13.0. The molecule has 4 rings (SSSR count). The number of halogens is 1. The molecule has 1 fully saturated rings. The van der Waals surface area contributed by atoms with Crippen LogP contribution < -0.4 is 20.3 Å². The highest BCUT2D eigenvalue weighted by atomic mass is 35.5. The molecule has 0 aliphatic carbocycles. The van der Waals surface area contributed by atoms with Gasteiger partial charge >= 0.3 is 0 Å². The lowest BCUT2D eigenvalue weighted by Gasteiger charge is -2.11. The van der Waals surface area contributed by atoms with Gasteiger partial charge in [0.1, 0.15) is 28.3 Å². The van der Waals surface area contributed by atoms with Crippen molar-refractivity contribution in [3.05, 3.63) is 58.6 Å². The van der Waals surface area contributed by atoms with Gasteiger partial charge in [-0.1, -0.05) is 11.6 Å². The molecule has 1 saturated heterocycles. The van der Waals surface area contributed by atoms with Gasteiger partial charge in [0.25, 0.3) is 5.91 Å². The van der Waals surface area contributed by atoms with Crippen LogP contribution in [0.1, 0.15) is 23.2 Å². The first kappa shape index (κ1) is 21.2. The highest BCUT2D eigenvalue weighted by molar-refractivity contribution is 6.31. The highest BCUT2D eigenvalue weighted by Gasteiger charge is 2.19. The van der Waals surface area contributed by atoms with Crippen LogP contribution in [-0.2, 0) is 4.74 Å². The van der Waals surface area contributed by atoms with Gasteiger partial charge < -0.3 is 23.9 Å². The molecule has 0 unspecified atom stereocenters. The Bertz CT molecular complexity index is 1170. The van der Waals surface area contributed by atoms with E-state index in [4.69, 9.17) is 30.2 Å². The van der Waals surface area contributed by atoms with Crippen LogP contribution in [0.3, 0.4) is 0 Å². The largest absolute Gasteiger partial charge is 0.497 e. The number of nitrogens with one attached hydrogen (secondary N) is 1. The van der Waals surface area contributed by atoms with Crippen molar-refractivity contribution in [1.82, 2.24) is 5.32 Å². The molecule has 0 spiro atoms. The van der Waals surface area contributed by atoms with Crippen LogP contribution in [0.25, 0.3) is 11.0 Å². The summed E-state index contributed by atoms with van der Waals surface area (Å²) in [6.45, 7) is 1.15. The average molecular weight is 443 g/mol. The third-order valence-electron chi connectivity index (χ3n) is 5.08.